The fourth-order valence-electron chi connectivity index (χ4n) is 5.57. The largest absolute Gasteiger partial charge is 0.309 e. The van der Waals surface area contributed by atoms with E-state index in [1.165, 1.54) is 60.9 Å². The summed E-state index contributed by atoms with van der Waals surface area (Å²) in [7, 11) is 0. The van der Waals surface area contributed by atoms with Crippen LogP contribution in [0.3, 0.4) is 0 Å². The lowest BCUT2D eigenvalue weighted by atomic mass is 9.97. The molecule has 7 rings (SSSR count). The van der Waals surface area contributed by atoms with E-state index in [2.05, 4.69) is 166 Å². The third-order valence-corrected chi connectivity index (χ3v) is 7.96. The second-order valence-electron chi connectivity index (χ2n) is 9.50. The van der Waals surface area contributed by atoms with Crippen LogP contribution in [0.1, 0.15) is 0 Å². The van der Waals surface area contributed by atoms with Crippen molar-refractivity contribution in [1.82, 2.24) is 4.57 Å². The summed E-state index contributed by atoms with van der Waals surface area (Å²) < 4.78 is 3.51. The fourth-order valence-corrected chi connectivity index (χ4v) is 6.13. The number of hydrogen-bond donors (Lipinski definition) is 0. The molecule has 0 bridgehead atoms. The number of para-hydroxylation sites is 2. The molecule has 0 aliphatic carbocycles. The van der Waals surface area contributed by atoms with E-state index in [0.717, 1.165) is 4.47 Å². The lowest BCUT2D eigenvalue weighted by Crippen LogP contribution is -1.97. The molecule has 0 fully saturated rings. The molecule has 180 valence electrons. The van der Waals surface area contributed by atoms with Gasteiger partial charge in [-0.25, -0.2) is 0 Å². The Morgan fingerprint density at radius 3 is 1.76 bits per heavy atom. The summed E-state index contributed by atoms with van der Waals surface area (Å²) in [4.78, 5) is 0. The minimum absolute atomic E-state index is 1.09. The Kier molecular flexibility index (Phi) is 5.68. The Morgan fingerprint density at radius 2 is 1.00 bits per heavy atom. The van der Waals surface area contributed by atoms with Crippen LogP contribution in [0.2, 0.25) is 0 Å². The van der Waals surface area contributed by atoms with E-state index < -0.39 is 0 Å². The number of halogens is 1. The third kappa shape index (κ3) is 3.77. The van der Waals surface area contributed by atoms with Gasteiger partial charge in [0.1, 0.15) is 0 Å². The van der Waals surface area contributed by atoms with Gasteiger partial charge in [0.15, 0.2) is 0 Å². The van der Waals surface area contributed by atoms with Gasteiger partial charge in [-0.3, -0.25) is 0 Å². The van der Waals surface area contributed by atoms with Gasteiger partial charge >= 0.3 is 0 Å². The van der Waals surface area contributed by atoms with Gasteiger partial charge in [0, 0.05) is 26.4 Å². The van der Waals surface area contributed by atoms with Crippen LogP contribution in [0.5, 0.6) is 0 Å². The predicted octanol–water partition coefficient (Wildman–Crippen LogP) is 10.5. The van der Waals surface area contributed by atoms with Crippen molar-refractivity contribution in [2.45, 2.75) is 0 Å². The Bertz CT molecular complexity index is 1900. The van der Waals surface area contributed by atoms with Crippen molar-refractivity contribution < 1.29 is 0 Å². The zero-order valence-electron chi connectivity index (χ0n) is 20.7. The molecular weight excluding hydrogens is 526 g/mol. The maximum absolute atomic E-state index is 3.91. The van der Waals surface area contributed by atoms with E-state index in [1.807, 2.05) is 0 Å². The van der Waals surface area contributed by atoms with Crippen molar-refractivity contribution in [1.29, 1.82) is 0 Å². The summed E-state index contributed by atoms with van der Waals surface area (Å²) in [5.74, 6) is 0. The van der Waals surface area contributed by atoms with Crippen LogP contribution >= 0.6 is 15.9 Å². The average molecular weight is 550 g/mol. The van der Waals surface area contributed by atoms with Gasteiger partial charge < -0.3 is 4.57 Å². The highest BCUT2D eigenvalue weighted by atomic mass is 79.9. The van der Waals surface area contributed by atoms with Crippen LogP contribution in [-0.4, -0.2) is 4.57 Å². The fraction of sp³-hybridized carbons (Fsp3) is 0. The first kappa shape index (κ1) is 22.8. The topological polar surface area (TPSA) is 4.93 Å². The monoisotopic (exact) mass is 549 g/mol. The first-order valence-electron chi connectivity index (χ1n) is 12.8. The standard InChI is InChI=1S/C36H24BrN/c37-31-23-24-34-36(35(31)28-21-19-26(20-22-28)25-11-3-1-4-12-25)30-16-8-10-18-33(30)38(34)32-17-9-7-15-29(32)27-13-5-2-6-14-27/h1-24H. The Labute approximate surface area is 230 Å². The lowest BCUT2D eigenvalue weighted by molar-refractivity contribution is 1.18. The summed E-state index contributed by atoms with van der Waals surface area (Å²) in [5.41, 5.74) is 10.9. The molecule has 1 nitrogen and oxygen atoms in total. The molecule has 2 heteroatoms. The number of rotatable bonds is 4. The third-order valence-electron chi connectivity index (χ3n) is 7.30. The maximum Gasteiger partial charge on any atom is 0.0548 e. The van der Waals surface area contributed by atoms with Crippen LogP contribution in [0.25, 0.3) is 60.9 Å². The van der Waals surface area contributed by atoms with Crippen LogP contribution in [0.15, 0.2) is 150 Å². The van der Waals surface area contributed by atoms with E-state index in [4.69, 9.17) is 0 Å². The molecule has 0 spiro atoms. The molecule has 0 saturated carbocycles. The quantitative estimate of drug-likeness (QED) is 0.205. The molecule has 7 aromatic rings. The summed E-state index contributed by atoms with van der Waals surface area (Å²) >= 11 is 3.91. The highest BCUT2D eigenvalue weighted by Gasteiger charge is 2.19. The second-order valence-corrected chi connectivity index (χ2v) is 10.3. The van der Waals surface area contributed by atoms with Crippen LogP contribution in [0, 0.1) is 0 Å². The van der Waals surface area contributed by atoms with E-state index in [9.17, 15) is 0 Å². The number of nitrogens with zero attached hydrogens (tertiary/aromatic N) is 1. The van der Waals surface area contributed by atoms with Gasteiger partial charge in [0.2, 0.25) is 0 Å². The predicted molar refractivity (Wildman–Crippen MR) is 165 cm³/mol. The number of benzene rings is 6. The molecule has 0 saturated heterocycles. The summed E-state index contributed by atoms with van der Waals surface area (Å²) in [6.07, 6.45) is 0. The van der Waals surface area contributed by atoms with Crippen LogP contribution < -0.4 is 0 Å². The number of fused-ring (bicyclic) bond motifs is 3. The Balaban J connectivity index is 1.50. The molecule has 0 aliphatic rings. The van der Waals surface area contributed by atoms with Gasteiger partial charge in [-0.2, -0.15) is 0 Å². The molecule has 0 N–H and O–H groups in total. The SMILES string of the molecule is Brc1ccc2c(c1-c1ccc(-c3ccccc3)cc1)c1ccccc1n2-c1ccccc1-c1ccccc1. The average Bonchev–Trinajstić information content (AvgIpc) is 3.32. The highest BCUT2D eigenvalue weighted by molar-refractivity contribution is 9.10. The first-order valence-corrected chi connectivity index (χ1v) is 13.6. The molecule has 0 aliphatic heterocycles. The van der Waals surface area contributed by atoms with Crippen LogP contribution in [0.4, 0.5) is 0 Å². The number of hydrogen-bond acceptors (Lipinski definition) is 0. The zero-order chi connectivity index (χ0) is 25.5. The smallest absolute Gasteiger partial charge is 0.0548 e. The molecule has 0 unspecified atom stereocenters. The minimum Gasteiger partial charge on any atom is -0.309 e. The summed E-state index contributed by atoms with van der Waals surface area (Å²) in [5, 5.41) is 2.50. The summed E-state index contributed by atoms with van der Waals surface area (Å²) in [6, 6.07) is 52.0. The molecule has 0 atom stereocenters. The Hall–Kier alpha value is -4.40. The lowest BCUT2D eigenvalue weighted by Gasteiger charge is -2.14. The molecule has 0 amide bonds. The minimum atomic E-state index is 1.09. The van der Waals surface area contributed by atoms with Gasteiger partial charge in [-0.15, -0.1) is 0 Å². The Morgan fingerprint density at radius 1 is 0.421 bits per heavy atom. The summed E-state index contributed by atoms with van der Waals surface area (Å²) in [6.45, 7) is 0. The van der Waals surface area contributed by atoms with E-state index in [0.29, 0.717) is 0 Å². The first-order chi connectivity index (χ1) is 18.8. The van der Waals surface area contributed by atoms with E-state index >= 15 is 0 Å². The van der Waals surface area contributed by atoms with Crippen molar-refractivity contribution in [2.75, 3.05) is 0 Å². The number of aromatic nitrogens is 1. The molecule has 1 aromatic heterocycles. The van der Waals surface area contributed by atoms with Crippen molar-refractivity contribution >= 4 is 37.7 Å². The zero-order valence-corrected chi connectivity index (χ0v) is 22.3. The van der Waals surface area contributed by atoms with Gasteiger partial charge in [-0.05, 0) is 46.5 Å². The van der Waals surface area contributed by atoms with Gasteiger partial charge in [0.25, 0.3) is 0 Å². The maximum atomic E-state index is 3.91. The molecule has 0 radical (unpaired) electrons. The molecule has 6 aromatic carbocycles. The van der Waals surface area contributed by atoms with Crippen LogP contribution in [-0.2, 0) is 0 Å². The van der Waals surface area contributed by atoms with Crippen molar-refractivity contribution in [3.8, 4) is 39.1 Å². The van der Waals surface area contributed by atoms with E-state index in [-0.39, 0.29) is 0 Å². The van der Waals surface area contributed by atoms with Crippen molar-refractivity contribution in [3.05, 3.63) is 150 Å². The second kappa shape index (κ2) is 9.48. The molecule has 38 heavy (non-hydrogen) atoms. The van der Waals surface area contributed by atoms with Gasteiger partial charge in [-0.1, -0.05) is 137 Å². The van der Waals surface area contributed by atoms with Gasteiger partial charge in [0.05, 0.1) is 16.7 Å². The molecular formula is C36H24BrN. The van der Waals surface area contributed by atoms with Crippen molar-refractivity contribution in [2.24, 2.45) is 0 Å². The normalized spacial score (nSPS) is 11.3. The van der Waals surface area contributed by atoms with Crippen molar-refractivity contribution in [3.63, 3.8) is 0 Å². The van der Waals surface area contributed by atoms with E-state index in [1.54, 1.807) is 0 Å². The molecule has 1 heterocycles. The highest BCUT2D eigenvalue weighted by Crippen LogP contribution is 2.43.